The van der Waals surface area contributed by atoms with Crippen LogP contribution in [-0.2, 0) is 0 Å². The molecule has 0 bridgehead atoms. The molecule has 0 N–H and O–H groups in total. The van der Waals surface area contributed by atoms with E-state index in [4.69, 9.17) is 4.98 Å². The van der Waals surface area contributed by atoms with Gasteiger partial charge in [-0.05, 0) is 42.8 Å². The summed E-state index contributed by atoms with van der Waals surface area (Å²) < 4.78 is 0. The summed E-state index contributed by atoms with van der Waals surface area (Å²) in [6, 6.07) is 10.2. The SMILES string of the molecule is N#Cc1ccc(-c2cccs2)nc1N1CCCCC1. The van der Waals surface area contributed by atoms with Gasteiger partial charge in [0, 0.05) is 13.1 Å². The first-order chi connectivity index (χ1) is 9.38. The summed E-state index contributed by atoms with van der Waals surface area (Å²) >= 11 is 1.68. The summed E-state index contributed by atoms with van der Waals surface area (Å²) in [5.41, 5.74) is 1.65. The molecule has 0 amide bonds. The van der Waals surface area contributed by atoms with E-state index in [1.807, 2.05) is 18.2 Å². The number of pyridine rings is 1. The number of nitriles is 1. The Morgan fingerprint density at radius 3 is 2.68 bits per heavy atom. The third-order valence-electron chi connectivity index (χ3n) is 3.42. The quantitative estimate of drug-likeness (QED) is 0.835. The van der Waals surface area contributed by atoms with Crippen molar-refractivity contribution in [3.05, 3.63) is 35.2 Å². The van der Waals surface area contributed by atoms with Gasteiger partial charge in [0.15, 0.2) is 0 Å². The monoisotopic (exact) mass is 269 g/mol. The van der Waals surface area contributed by atoms with E-state index >= 15 is 0 Å². The number of hydrogen-bond donors (Lipinski definition) is 0. The highest BCUT2D eigenvalue weighted by atomic mass is 32.1. The van der Waals surface area contributed by atoms with Gasteiger partial charge in [-0.25, -0.2) is 4.98 Å². The van der Waals surface area contributed by atoms with Crippen LogP contribution in [0, 0.1) is 11.3 Å². The Balaban J connectivity index is 2.00. The lowest BCUT2D eigenvalue weighted by Gasteiger charge is -2.28. The van der Waals surface area contributed by atoms with E-state index in [0.717, 1.165) is 29.5 Å². The lowest BCUT2D eigenvalue weighted by atomic mass is 10.1. The minimum Gasteiger partial charge on any atom is -0.356 e. The van der Waals surface area contributed by atoms with E-state index in [0.29, 0.717) is 5.56 Å². The molecule has 0 atom stereocenters. The van der Waals surface area contributed by atoms with E-state index in [1.165, 1.54) is 19.3 Å². The van der Waals surface area contributed by atoms with Crippen LogP contribution in [0.25, 0.3) is 10.6 Å². The van der Waals surface area contributed by atoms with E-state index in [-0.39, 0.29) is 0 Å². The molecule has 4 heteroatoms. The van der Waals surface area contributed by atoms with Crippen molar-refractivity contribution in [2.45, 2.75) is 19.3 Å². The molecule has 2 aromatic heterocycles. The number of piperidine rings is 1. The molecule has 19 heavy (non-hydrogen) atoms. The molecule has 0 radical (unpaired) electrons. The van der Waals surface area contributed by atoms with Crippen LogP contribution < -0.4 is 4.90 Å². The van der Waals surface area contributed by atoms with E-state index in [2.05, 4.69) is 22.4 Å². The van der Waals surface area contributed by atoms with Gasteiger partial charge in [0.1, 0.15) is 11.9 Å². The molecule has 1 saturated heterocycles. The van der Waals surface area contributed by atoms with Gasteiger partial charge in [-0.3, -0.25) is 0 Å². The average Bonchev–Trinajstić information content (AvgIpc) is 3.02. The van der Waals surface area contributed by atoms with Gasteiger partial charge in [-0.15, -0.1) is 11.3 Å². The first-order valence-electron chi connectivity index (χ1n) is 6.58. The van der Waals surface area contributed by atoms with E-state index in [1.54, 1.807) is 11.3 Å². The van der Waals surface area contributed by atoms with Crippen LogP contribution >= 0.6 is 11.3 Å². The van der Waals surface area contributed by atoms with Crippen LogP contribution in [0.4, 0.5) is 5.82 Å². The van der Waals surface area contributed by atoms with E-state index < -0.39 is 0 Å². The van der Waals surface area contributed by atoms with Gasteiger partial charge in [-0.2, -0.15) is 5.26 Å². The maximum atomic E-state index is 9.26. The zero-order valence-electron chi connectivity index (χ0n) is 10.7. The molecule has 3 nitrogen and oxygen atoms in total. The highest BCUT2D eigenvalue weighted by Gasteiger charge is 2.17. The fourth-order valence-electron chi connectivity index (χ4n) is 2.44. The molecular weight excluding hydrogens is 254 g/mol. The van der Waals surface area contributed by atoms with Gasteiger partial charge in [0.05, 0.1) is 16.1 Å². The maximum absolute atomic E-state index is 9.26. The second kappa shape index (κ2) is 5.41. The van der Waals surface area contributed by atoms with Crippen molar-refractivity contribution >= 4 is 17.2 Å². The molecule has 96 valence electrons. The zero-order valence-corrected chi connectivity index (χ0v) is 11.5. The third kappa shape index (κ3) is 2.47. The molecular formula is C15H15N3S. The van der Waals surface area contributed by atoms with Crippen LogP contribution in [0.2, 0.25) is 0 Å². The fourth-order valence-corrected chi connectivity index (χ4v) is 3.14. The summed E-state index contributed by atoms with van der Waals surface area (Å²) in [6.45, 7) is 2.02. The Labute approximate surface area is 117 Å². The minimum absolute atomic E-state index is 0.683. The molecule has 0 aliphatic carbocycles. The molecule has 1 fully saturated rings. The van der Waals surface area contributed by atoms with Crippen LogP contribution in [0.3, 0.4) is 0 Å². The number of hydrogen-bond acceptors (Lipinski definition) is 4. The van der Waals surface area contributed by atoms with Crippen LogP contribution in [0.1, 0.15) is 24.8 Å². The van der Waals surface area contributed by atoms with Crippen LogP contribution in [0.15, 0.2) is 29.6 Å². The topological polar surface area (TPSA) is 39.9 Å². The lowest BCUT2D eigenvalue weighted by molar-refractivity contribution is 0.573. The molecule has 1 aliphatic heterocycles. The standard InChI is InChI=1S/C15H15N3S/c16-11-12-6-7-13(14-5-4-10-19-14)17-15(12)18-8-2-1-3-9-18/h4-7,10H,1-3,8-9H2. The highest BCUT2D eigenvalue weighted by Crippen LogP contribution is 2.28. The molecule has 3 rings (SSSR count). The normalized spacial score (nSPS) is 15.2. The second-order valence-electron chi connectivity index (χ2n) is 4.70. The predicted octanol–water partition coefficient (Wildman–Crippen LogP) is 3.67. The Kier molecular flexibility index (Phi) is 3.47. The first kappa shape index (κ1) is 12.2. The Morgan fingerprint density at radius 2 is 2.00 bits per heavy atom. The third-order valence-corrected chi connectivity index (χ3v) is 4.32. The van der Waals surface area contributed by atoms with Crippen LogP contribution in [0.5, 0.6) is 0 Å². The minimum atomic E-state index is 0.683. The molecule has 0 unspecified atom stereocenters. The summed E-state index contributed by atoms with van der Waals surface area (Å²) in [7, 11) is 0. The number of nitrogens with zero attached hydrogens (tertiary/aromatic N) is 3. The summed E-state index contributed by atoms with van der Waals surface area (Å²) in [4.78, 5) is 8.13. The summed E-state index contributed by atoms with van der Waals surface area (Å²) in [5.74, 6) is 0.855. The Bertz CT molecular complexity index is 592. The smallest absolute Gasteiger partial charge is 0.147 e. The summed E-state index contributed by atoms with van der Waals surface area (Å²) in [6.07, 6.45) is 3.66. The molecule has 1 aliphatic rings. The van der Waals surface area contributed by atoms with Gasteiger partial charge in [0.2, 0.25) is 0 Å². The van der Waals surface area contributed by atoms with Crippen molar-refractivity contribution in [1.82, 2.24) is 4.98 Å². The largest absolute Gasteiger partial charge is 0.356 e. The first-order valence-corrected chi connectivity index (χ1v) is 7.46. The van der Waals surface area contributed by atoms with Crippen molar-refractivity contribution in [2.24, 2.45) is 0 Å². The lowest BCUT2D eigenvalue weighted by Crippen LogP contribution is -2.30. The molecule has 0 aromatic carbocycles. The number of aromatic nitrogens is 1. The maximum Gasteiger partial charge on any atom is 0.147 e. The summed E-state index contributed by atoms with van der Waals surface area (Å²) in [5, 5.41) is 11.3. The zero-order chi connectivity index (χ0) is 13.1. The molecule has 2 aromatic rings. The van der Waals surface area contributed by atoms with Crippen molar-refractivity contribution in [1.29, 1.82) is 5.26 Å². The predicted molar refractivity (Wildman–Crippen MR) is 78.3 cm³/mol. The highest BCUT2D eigenvalue weighted by molar-refractivity contribution is 7.13. The number of thiophene rings is 1. The number of anilines is 1. The second-order valence-corrected chi connectivity index (χ2v) is 5.65. The Hall–Kier alpha value is -1.86. The van der Waals surface area contributed by atoms with Crippen molar-refractivity contribution < 1.29 is 0 Å². The van der Waals surface area contributed by atoms with Crippen molar-refractivity contribution in [2.75, 3.05) is 18.0 Å². The van der Waals surface area contributed by atoms with Crippen molar-refractivity contribution in [3.63, 3.8) is 0 Å². The average molecular weight is 269 g/mol. The molecule has 0 saturated carbocycles. The van der Waals surface area contributed by atoms with E-state index in [9.17, 15) is 5.26 Å². The van der Waals surface area contributed by atoms with Gasteiger partial charge in [0.25, 0.3) is 0 Å². The number of rotatable bonds is 2. The Morgan fingerprint density at radius 1 is 1.16 bits per heavy atom. The van der Waals surface area contributed by atoms with Gasteiger partial charge >= 0.3 is 0 Å². The fraction of sp³-hybridized carbons (Fsp3) is 0.333. The van der Waals surface area contributed by atoms with Crippen LogP contribution in [-0.4, -0.2) is 18.1 Å². The molecule has 3 heterocycles. The molecule has 0 spiro atoms. The van der Waals surface area contributed by atoms with Crippen molar-refractivity contribution in [3.8, 4) is 16.6 Å². The van der Waals surface area contributed by atoms with Gasteiger partial charge in [-0.1, -0.05) is 6.07 Å². The van der Waals surface area contributed by atoms with Gasteiger partial charge < -0.3 is 4.90 Å².